The van der Waals surface area contributed by atoms with Crippen LogP contribution in [0.1, 0.15) is 20.9 Å². The van der Waals surface area contributed by atoms with E-state index in [0.717, 1.165) is 69.0 Å². The van der Waals surface area contributed by atoms with Crippen LogP contribution in [0.4, 0.5) is 17.5 Å². The summed E-state index contributed by atoms with van der Waals surface area (Å²) in [4.78, 5) is 27.2. The molecule has 3 aliphatic rings. The van der Waals surface area contributed by atoms with Gasteiger partial charge in [0.2, 0.25) is 5.95 Å². The molecule has 0 unspecified atom stereocenters. The number of benzene rings is 1. The predicted octanol–water partition coefficient (Wildman–Crippen LogP) is 1.16. The average Bonchev–Trinajstić information content (AvgIpc) is 2.91. The van der Waals surface area contributed by atoms with Crippen molar-refractivity contribution in [3.8, 4) is 6.07 Å². The molecule has 38 heavy (non-hydrogen) atoms. The van der Waals surface area contributed by atoms with Crippen LogP contribution in [0.15, 0.2) is 30.5 Å². The van der Waals surface area contributed by atoms with E-state index in [1.165, 1.54) is 0 Å². The number of ether oxygens (including phenoxy) is 1. The molecule has 6 rings (SSSR count). The van der Waals surface area contributed by atoms with Crippen LogP contribution in [0.25, 0.3) is 11.0 Å². The molecule has 0 amide bonds. The van der Waals surface area contributed by atoms with Crippen LogP contribution < -0.4 is 20.4 Å². The van der Waals surface area contributed by atoms with Crippen LogP contribution >= 0.6 is 0 Å². The number of hydrogen-bond acceptors (Lipinski definition) is 11. The van der Waals surface area contributed by atoms with Crippen LogP contribution in [-0.4, -0.2) is 102 Å². The summed E-state index contributed by atoms with van der Waals surface area (Å²) in [7, 11) is 0. The van der Waals surface area contributed by atoms with E-state index >= 15 is 0 Å². The Bertz CT molecular complexity index is 1450. The lowest BCUT2D eigenvalue weighted by Crippen LogP contribution is -2.56. The Morgan fingerprint density at radius 3 is 2.53 bits per heavy atom. The minimum atomic E-state index is -0.231. The lowest BCUT2D eigenvalue weighted by atomic mass is 10.1. The van der Waals surface area contributed by atoms with Crippen molar-refractivity contribution in [3.05, 3.63) is 41.8 Å². The molecular formula is C27H34N10O. The third-order valence-corrected chi connectivity index (χ3v) is 7.48. The Hall–Kier alpha value is -3.59. The van der Waals surface area contributed by atoms with Crippen LogP contribution in [0.2, 0.25) is 0 Å². The number of piperazine rings is 1. The van der Waals surface area contributed by atoms with Gasteiger partial charge in [-0.15, -0.1) is 0 Å². The molecular weight excluding hydrogens is 480 g/mol. The smallest absolute Gasteiger partial charge is 0.227 e. The first-order valence-electron chi connectivity index (χ1n) is 14.2. The minimum absolute atomic E-state index is 0.00153. The molecule has 1 aromatic carbocycles. The van der Waals surface area contributed by atoms with Gasteiger partial charge in [0.15, 0.2) is 0 Å². The molecule has 0 aliphatic carbocycles. The van der Waals surface area contributed by atoms with E-state index in [0.29, 0.717) is 29.7 Å². The van der Waals surface area contributed by atoms with Gasteiger partial charge in [-0.1, -0.05) is 0 Å². The molecule has 0 saturated carbocycles. The fourth-order valence-electron chi connectivity index (χ4n) is 5.60. The Morgan fingerprint density at radius 1 is 1.03 bits per heavy atom. The summed E-state index contributed by atoms with van der Waals surface area (Å²) in [5, 5.41) is 9.55. The molecule has 0 bridgehead atoms. The lowest BCUT2D eigenvalue weighted by Gasteiger charge is -2.42. The Labute approximate surface area is 225 Å². The molecule has 3 aromatic rings. The minimum Gasteiger partial charge on any atom is -0.370 e. The van der Waals surface area contributed by atoms with Crippen molar-refractivity contribution < 1.29 is 7.48 Å². The highest BCUT2D eigenvalue weighted by Gasteiger charge is 2.31. The summed E-state index contributed by atoms with van der Waals surface area (Å²) in [6.07, 6.45) is -0.445. The van der Waals surface area contributed by atoms with Gasteiger partial charge in [0.05, 0.1) is 26.2 Å². The van der Waals surface area contributed by atoms with Crippen molar-refractivity contribution in [3.63, 3.8) is 0 Å². The molecule has 198 valence electrons. The van der Waals surface area contributed by atoms with Gasteiger partial charge >= 0.3 is 0 Å². The van der Waals surface area contributed by atoms with Crippen molar-refractivity contribution in [2.75, 3.05) is 73.6 Å². The summed E-state index contributed by atoms with van der Waals surface area (Å²) in [6.45, 7) is 11.3. The average molecular weight is 517 g/mol. The van der Waals surface area contributed by atoms with E-state index in [2.05, 4.69) is 42.6 Å². The van der Waals surface area contributed by atoms with Crippen molar-refractivity contribution in [1.82, 2.24) is 24.8 Å². The molecule has 3 saturated heterocycles. The number of anilines is 3. The van der Waals surface area contributed by atoms with Crippen molar-refractivity contribution in [2.24, 2.45) is 5.73 Å². The topological polar surface area (TPSA) is 124 Å². The molecule has 5 heterocycles. The van der Waals surface area contributed by atoms with Gasteiger partial charge in [-0.25, -0.2) is 4.98 Å². The third-order valence-electron chi connectivity index (χ3n) is 7.48. The van der Waals surface area contributed by atoms with Crippen LogP contribution in [-0.2, 0) is 4.74 Å². The molecule has 11 heteroatoms. The first-order chi connectivity index (χ1) is 19.3. The van der Waals surface area contributed by atoms with Gasteiger partial charge in [-0.2, -0.15) is 10.2 Å². The zero-order valence-electron chi connectivity index (χ0n) is 23.8. The number of morpholine rings is 1. The highest BCUT2D eigenvalue weighted by Crippen LogP contribution is 2.29. The first kappa shape index (κ1) is 22.4. The van der Waals surface area contributed by atoms with E-state index in [9.17, 15) is 5.26 Å². The number of rotatable bonds is 5. The first-order valence-corrected chi connectivity index (χ1v) is 13.2. The highest BCUT2D eigenvalue weighted by molar-refractivity contribution is 5.92. The Morgan fingerprint density at radius 2 is 1.79 bits per heavy atom. The summed E-state index contributed by atoms with van der Waals surface area (Å²) < 4.78 is 22.3. The van der Waals surface area contributed by atoms with Crippen LogP contribution in [0, 0.1) is 18.3 Å². The molecule has 3 aliphatic heterocycles. The van der Waals surface area contributed by atoms with Crippen molar-refractivity contribution in [1.29, 1.82) is 5.26 Å². The van der Waals surface area contributed by atoms with Gasteiger partial charge < -0.3 is 25.2 Å². The number of hydrogen-bond donors (Lipinski definition) is 1. The zero-order valence-corrected chi connectivity index (χ0v) is 21.8. The Balaban J connectivity index is 1.12. The quantitative estimate of drug-likeness (QED) is 0.525. The number of nitrogens with zero attached hydrogens (tertiary/aromatic N) is 9. The second-order valence-corrected chi connectivity index (χ2v) is 10.5. The van der Waals surface area contributed by atoms with Gasteiger partial charge in [0.1, 0.15) is 22.9 Å². The maximum absolute atomic E-state index is 9.55. The van der Waals surface area contributed by atoms with Crippen molar-refractivity contribution >= 4 is 28.5 Å². The van der Waals surface area contributed by atoms with Crippen molar-refractivity contribution in [2.45, 2.75) is 32.1 Å². The van der Waals surface area contributed by atoms with E-state index in [4.69, 9.17) is 23.2 Å². The van der Waals surface area contributed by atoms with E-state index in [-0.39, 0.29) is 30.6 Å². The molecule has 2 N–H and O–H groups in total. The van der Waals surface area contributed by atoms with Gasteiger partial charge in [-0.3, -0.25) is 14.9 Å². The van der Waals surface area contributed by atoms with E-state index in [1.54, 1.807) is 6.07 Å². The zero-order chi connectivity index (χ0) is 28.0. The molecule has 2 atom stereocenters. The molecule has 11 nitrogen and oxygen atoms in total. The highest BCUT2D eigenvalue weighted by atomic mass is 16.5. The number of aryl methyl sites for hydroxylation is 1. The summed E-state index contributed by atoms with van der Waals surface area (Å²) in [6, 6.07) is 7.97. The number of nitriles is 1. The molecule has 3 fully saturated rings. The van der Waals surface area contributed by atoms with Gasteiger partial charge in [0, 0.05) is 89.1 Å². The standard InChI is InChI=1S/C27H34N10O/c1-18-11-24(37-14-21(29)15-37)33-27(32-18)35-9-7-34(8-10-35)16-22-17-36(13-19(2)38-22)23-4-3-20(12-28)25-26(23)31-6-5-30-25/h3-6,11,19,21-22H,7-10,13-17,29H2,1-2H3/t19-,22+/m1/s1/i5D,6D. The molecule has 0 spiro atoms. The number of aromatic nitrogens is 4. The summed E-state index contributed by atoms with van der Waals surface area (Å²) >= 11 is 0. The second-order valence-electron chi connectivity index (χ2n) is 10.5. The predicted molar refractivity (Wildman–Crippen MR) is 146 cm³/mol. The monoisotopic (exact) mass is 516 g/mol. The van der Waals surface area contributed by atoms with Gasteiger partial charge in [0.25, 0.3) is 0 Å². The fourth-order valence-corrected chi connectivity index (χ4v) is 5.60. The van der Waals surface area contributed by atoms with Crippen LogP contribution in [0.3, 0.4) is 0 Å². The maximum Gasteiger partial charge on any atom is 0.227 e. The number of fused-ring (bicyclic) bond motifs is 1. The second kappa shape index (κ2) is 10.3. The SMILES string of the molecule is [2H]c1nc2c(C#N)ccc(N3C[C@H](CN4CCN(c5nc(C)cc(N6CC(N)C6)n5)CC4)O[C@H](C)C3)c2nc1[2H]. The fraction of sp³-hybridized carbons (Fsp3) is 0.519. The summed E-state index contributed by atoms with van der Waals surface area (Å²) in [5.74, 6) is 1.73. The number of nitrogens with two attached hydrogens (primary N) is 1. The molecule has 2 aromatic heterocycles. The molecule has 0 radical (unpaired) electrons. The Kier molecular flexibility index (Phi) is 6.06. The van der Waals surface area contributed by atoms with E-state index < -0.39 is 0 Å². The normalized spacial score (nSPS) is 23.7. The third kappa shape index (κ3) is 4.95. The lowest BCUT2D eigenvalue weighted by molar-refractivity contribution is -0.0327. The van der Waals surface area contributed by atoms with Gasteiger partial charge in [-0.05, 0) is 26.0 Å². The summed E-state index contributed by atoms with van der Waals surface area (Å²) in [5.41, 5.74) is 8.95. The van der Waals surface area contributed by atoms with Crippen LogP contribution in [0.5, 0.6) is 0 Å². The maximum atomic E-state index is 9.55. The van der Waals surface area contributed by atoms with E-state index in [1.807, 2.05) is 19.1 Å². The largest absolute Gasteiger partial charge is 0.370 e.